The van der Waals surface area contributed by atoms with E-state index in [4.69, 9.17) is 0 Å². The van der Waals surface area contributed by atoms with Crippen molar-refractivity contribution in [1.82, 2.24) is 9.78 Å². The molecule has 0 radical (unpaired) electrons. The van der Waals surface area contributed by atoms with Crippen molar-refractivity contribution in [1.29, 1.82) is 0 Å². The van der Waals surface area contributed by atoms with Gasteiger partial charge < -0.3 is 10.2 Å². The molecule has 3 aromatic rings. The Bertz CT molecular complexity index is 1060. The van der Waals surface area contributed by atoms with Crippen molar-refractivity contribution in [2.75, 3.05) is 0 Å². The number of aryl methyl sites for hydroxylation is 2. The second-order valence-corrected chi connectivity index (χ2v) is 6.43. The lowest BCUT2D eigenvalue weighted by Crippen LogP contribution is -2.07. The minimum absolute atomic E-state index is 0.133. The van der Waals surface area contributed by atoms with E-state index in [1.54, 1.807) is 13.1 Å². The summed E-state index contributed by atoms with van der Waals surface area (Å²) in [5.74, 6) is -1.03. The first-order valence-electron chi connectivity index (χ1n) is 8.35. The van der Waals surface area contributed by atoms with Gasteiger partial charge in [-0.2, -0.15) is 5.10 Å². The molecule has 5 heteroatoms. The van der Waals surface area contributed by atoms with Crippen LogP contribution in [0.25, 0.3) is 16.7 Å². The zero-order valence-electron chi connectivity index (χ0n) is 14.5. The largest absolute Gasteiger partial charge is 0.477 e. The van der Waals surface area contributed by atoms with Gasteiger partial charge >= 0.3 is 5.97 Å². The molecule has 0 bridgehead atoms. The molecule has 0 spiro atoms. The molecule has 1 unspecified atom stereocenters. The maximum absolute atomic E-state index is 11.9. The molecular weight excluding hydrogens is 328 g/mol. The summed E-state index contributed by atoms with van der Waals surface area (Å²) in [4.78, 5) is 11.9. The fraction of sp³-hybridized carbons (Fsp3) is 0.143. The van der Waals surface area contributed by atoms with Gasteiger partial charge in [-0.15, -0.1) is 0 Å². The zero-order chi connectivity index (χ0) is 18.4. The Morgan fingerprint density at radius 3 is 2.42 bits per heavy atom. The van der Waals surface area contributed by atoms with E-state index in [1.807, 2.05) is 55.5 Å². The Morgan fingerprint density at radius 2 is 1.73 bits per heavy atom. The van der Waals surface area contributed by atoms with Crippen LogP contribution < -0.4 is 0 Å². The van der Waals surface area contributed by atoms with E-state index in [0.29, 0.717) is 11.3 Å². The van der Waals surface area contributed by atoms with Crippen molar-refractivity contribution >= 4 is 11.5 Å². The maximum atomic E-state index is 11.9. The highest BCUT2D eigenvalue weighted by Gasteiger charge is 2.30. The highest BCUT2D eigenvalue weighted by molar-refractivity contribution is 6.01. The summed E-state index contributed by atoms with van der Waals surface area (Å²) in [7, 11) is 1.63. The van der Waals surface area contributed by atoms with Crippen LogP contribution in [0.15, 0.2) is 54.6 Å². The second-order valence-electron chi connectivity index (χ2n) is 6.43. The molecule has 4 rings (SSSR count). The lowest BCUT2D eigenvalue weighted by atomic mass is 9.93. The summed E-state index contributed by atoms with van der Waals surface area (Å²) in [5, 5.41) is 24.7. The van der Waals surface area contributed by atoms with E-state index >= 15 is 0 Å². The van der Waals surface area contributed by atoms with Crippen LogP contribution in [0, 0.1) is 6.92 Å². The predicted octanol–water partition coefficient (Wildman–Crippen LogP) is 3.57. The molecule has 5 nitrogen and oxygen atoms in total. The van der Waals surface area contributed by atoms with Crippen LogP contribution in [-0.4, -0.2) is 26.0 Å². The lowest BCUT2D eigenvalue weighted by Gasteiger charge is -2.09. The number of aliphatic hydroxyl groups excluding tert-OH is 1. The first-order chi connectivity index (χ1) is 12.5. The molecule has 1 aliphatic carbocycles. The van der Waals surface area contributed by atoms with Gasteiger partial charge in [0, 0.05) is 18.2 Å². The number of carboxylic acids is 1. The third kappa shape index (κ3) is 2.36. The molecule has 0 fully saturated rings. The molecule has 26 heavy (non-hydrogen) atoms. The normalized spacial score (nSPS) is 15.7. The van der Waals surface area contributed by atoms with Crippen LogP contribution >= 0.6 is 0 Å². The minimum Gasteiger partial charge on any atom is -0.477 e. The third-order valence-corrected chi connectivity index (χ3v) is 4.81. The number of fused-ring (bicyclic) bond motifs is 1. The van der Waals surface area contributed by atoms with E-state index in [-0.39, 0.29) is 5.69 Å². The molecule has 1 aliphatic rings. The Morgan fingerprint density at radius 1 is 1.08 bits per heavy atom. The van der Waals surface area contributed by atoms with Gasteiger partial charge in [0.25, 0.3) is 0 Å². The van der Waals surface area contributed by atoms with Gasteiger partial charge in [-0.05, 0) is 35.3 Å². The topological polar surface area (TPSA) is 75.4 Å². The van der Waals surface area contributed by atoms with Crippen molar-refractivity contribution in [3.8, 4) is 11.1 Å². The maximum Gasteiger partial charge on any atom is 0.354 e. The molecule has 1 aromatic heterocycles. The van der Waals surface area contributed by atoms with E-state index in [2.05, 4.69) is 5.10 Å². The Kier molecular flexibility index (Phi) is 3.74. The van der Waals surface area contributed by atoms with Crippen LogP contribution in [-0.2, 0) is 7.05 Å². The average Bonchev–Trinajstić information content (AvgIpc) is 3.13. The molecule has 1 atom stereocenters. The summed E-state index contributed by atoms with van der Waals surface area (Å²) in [5.41, 5.74) is 5.52. The highest BCUT2D eigenvalue weighted by Crippen LogP contribution is 2.42. The van der Waals surface area contributed by atoms with Crippen molar-refractivity contribution in [3.05, 3.63) is 82.7 Å². The van der Waals surface area contributed by atoms with Crippen LogP contribution in [0.1, 0.15) is 39.0 Å². The average molecular weight is 346 g/mol. The molecule has 0 amide bonds. The summed E-state index contributed by atoms with van der Waals surface area (Å²) in [6.07, 6.45) is 1.02. The van der Waals surface area contributed by atoms with Crippen LogP contribution in [0.4, 0.5) is 0 Å². The number of hydrogen-bond acceptors (Lipinski definition) is 3. The molecule has 0 saturated carbocycles. The first kappa shape index (κ1) is 16.3. The van der Waals surface area contributed by atoms with Crippen LogP contribution in [0.3, 0.4) is 0 Å². The van der Waals surface area contributed by atoms with E-state index in [1.165, 1.54) is 4.68 Å². The highest BCUT2D eigenvalue weighted by atomic mass is 16.4. The lowest BCUT2D eigenvalue weighted by molar-refractivity contribution is 0.0686. The number of aromatic carboxylic acids is 1. The second kappa shape index (κ2) is 5.97. The minimum atomic E-state index is -1.03. The molecule has 0 saturated heterocycles. The van der Waals surface area contributed by atoms with Crippen molar-refractivity contribution in [2.24, 2.45) is 7.05 Å². The molecule has 130 valence electrons. The molecule has 2 N–H and O–H groups in total. The Labute approximate surface area is 150 Å². The number of hydrogen-bond donors (Lipinski definition) is 2. The van der Waals surface area contributed by atoms with E-state index in [0.717, 1.165) is 27.8 Å². The van der Waals surface area contributed by atoms with E-state index in [9.17, 15) is 15.0 Å². The third-order valence-electron chi connectivity index (χ3n) is 4.81. The summed E-state index contributed by atoms with van der Waals surface area (Å²) in [6, 6.07) is 15.2. The molecule has 1 heterocycles. The van der Waals surface area contributed by atoms with Gasteiger partial charge in [-0.25, -0.2) is 4.79 Å². The first-order valence-corrected chi connectivity index (χ1v) is 8.35. The number of benzene rings is 2. The zero-order valence-corrected chi connectivity index (χ0v) is 14.5. The summed E-state index contributed by atoms with van der Waals surface area (Å²) < 4.78 is 1.40. The van der Waals surface area contributed by atoms with Gasteiger partial charge in [0.2, 0.25) is 0 Å². The van der Waals surface area contributed by atoms with Crippen molar-refractivity contribution in [2.45, 2.75) is 13.0 Å². The van der Waals surface area contributed by atoms with Crippen LogP contribution in [0.2, 0.25) is 0 Å². The number of aromatic nitrogens is 2. The van der Waals surface area contributed by atoms with Crippen molar-refractivity contribution in [3.63, 3.8) is 0 Å². The smallest absolute Gasteiger partial charge is 0.354 e. The number of carboxylic acid groups (broad SMARTS) is 1. The van der Waals surface area contributed by atoms with Gasteiger partial charge in [0.05, 0.1) is 6.10 Å². The fourth-order valence-electron chi connectivity index (χ4n) is 3.61. The van der Waals surface area contributed by atoms with Gasteiger partial charge in [0.15, 0.2) is 5.69 Å². The molecular formula is C21H18N2O3. The molecule has 0 aliphatic heterocycles. The number of aliphatic hydroxyl groups is 1. The number of carbonyl (C=O) groups is 1. The monoisotopic (exact) mass is 346 g/mol. The standard InChI is InChI=1S/C21H18N2O3/c1-12-7-3-4-8-13(12)18-19(22-23(2)20(18)21(25)26)16-11-17(24)15-10-6-5-9-14(15)16/h3-11,17,24H,1-2H3,(H,25,26). The Hall–Kier alpha value is -3.18. The Balaban J connectivity index is 2.03. The predicted molar refractivity (Wildman–Crippen MR) is 98.8 cm³/mol. The quantitative estimate of drug-likeness (QED) is 0.760. The fourth-order valence-corrected chi connectivity index (χ4v) is 3.61. The number of nitrogens with zero attached hydrogens (tertiary/aromatic N) is 2. The van der Waals surface area contributed by atoms with Crippen molar-refractivity contribution < 1.29 is 15.0 Å². The molecule has 2 aromatic carbocycles. The van der Waals surface area contributed by atoms with Gasteiger partial charge in [-0.1, -0.05) is 48.5 Å². The van der Waals surface area contributed by atoms with Crippen LogP contribution in [0.5, 0.6) is 0 Å². The summed E-state index contributed by atoms with van der Waals surface area (Å²) in [6.45, 7) is 1.95. The van der Waals surface area contributed by atoms with Gasteiger partial charge in [0.1, 0.15) is 5.69 Å². The SMILES string of the molecule is Cc1ccccc1-c1c(C2=CC(O)c3ccccc32)nn(C)c1C(=O)O. The number of rotatable bonds is 3. The van der Waals surface area contributed by atoms with E-state index < -0.39 is 12.1 Å². The summed E-state index contributed by atoms with van der Waals surface area (Å²) >= 11 is 0. The van der Waals surface area contributed by atoms with Gasteiger partial charge in [-0.3, -0.25) is 4.68 Å².